The SMILES string of the molecule is Nc1cncc(Br)c1Nc1cccc2ccccc12. The van der Waals surface area contributed by atoms with Gasteiger partial charge in [-0.2, -0.15) is 0 Å². The highest BCUT2D eigenvalue weighted by atomic mass is 79.9. The van der Waals surface area contributed by atoms with Gasteiger partial charge in [-0.25, -0.2) is 0 Å². The van der Waals surface area contributed by atoms with Crippen LogP contribution in [-0.4, -0.2) is 4.98 Å². The van der Waals surface area contributed by atoms with Gasteiger partial charge in [-0.15, -0.1) is 0 Å². The van der Waals surface area contributed by atoms with E-state index in [1.54, 1.807) is 12.4 Å². The van der Waals surface area contributed by atoms with Gasteiger partial charge < -0.3 is 11.1 Å². The number of nitrogens with one attached hydrogen (secondary N) is 1. The number of pyridine rings is 1. The second-order valence-corrected chi connectivity index (χ2v) is 5.09. The topological polar surface area (TPSA) is 50.9 Å². The van der Waals surface area contributed by atoms with E-state index in [0.717, 1.165) is 21.2 Å². The quantitative estimate of drug-likeness (QED) is 0.740. The van der Waals surface area contributed by atoms with Crippen molar-refractivity contribution >= 4 is 43.8 Å². The van der Waals surface area contributed by atoms with Gasteiger partial charge >= 0.3 is 0 Å². The number of rotatable bonds is 2. The molecular weight excluding hydrogens is 302 g/mol. The van der Waals surface area contributed by atoms with Crippen LogP contribution in [0.2, 0.25) is 0 Å². The van der Waals surface area contributed by atoms with Gasteiger partial charge in [0.1, 0.15) is 0 Å². The Labute approximate surface area is 119 Å². The van der Waals surface area contributed by atoms with Crippen molar-refractivity contribution < 1.29 is 0 Å². The average molecular weight is 314 g/mol. The van der Waals surface area contributed by atoms with Crippen LogP contribution in [0.25, 0.3) is 10.8 Å². The zero-order chi connectivity index (χ0) is 13.2. The molecule has 0 spiro atoms. The number of fused-ring (bicyclic) bond motifs is 1. The average Bonchev–Trinajstić information content (AvgIpc) is 2.43. The Hall–Kier alpha value is -2.07. The fourth-order valence-corrected chi connectivity index (χ4v) is 2.50. The molecule has 0 atom stereocenters. The number of hydrogen-bond acceptors (Lipinski definition) is 3. The minimum atomic E-state index is 0.613. The van der Waals surface area contributed by atoms with Gasteiger partial charge in [0.2, 0.25) is 0 Å². The zero-order valence-corrected chi connectivity index (χ0v) is 11.7. The summed E-state index contributed by atoms with van der Waals surface area (Å²) in [6.45, 7) is 0. The third-order valence-corrected chi connectivity index (χ3v) is 3.58. The van der Waals surface area contributed by atoms with E-state index in [-0.39, 0.29) is 0 Å². The van der Waals surface area contributed by atoms with Crippen LogP contribution in [0, 0.1) is 0 Å². The number of aromatic nitrogens is 1. The summed E-state index contributed by atoms with van der Waals surface area (Å²) in [5, 5.41) is 5.72. The van der Waals surface area contributed by atoms with Gasteiger partial charge in [0, 0.05) is 17.3 Å². The molecule has 1 heterocycles. The summed E-state index contributed by atoms with van der Waals surface area (Å²) in [5.74, 6) is 0. The molecule has 0 amide bonds. The maximum absolute atomic E-state index is 5.96. The normalized spacial score (nSPS) is 10.6. The number of benzene rings is 2. The lowest BCUT2D eigenvalue weighted by molar-refractivity contribution is 1.31. The highest BCUT2D eigenvalue weighted by Crippen LogP contribution is 2.33. The van der Waals surface area contributed by atoms with Crippen molar-refractivity contribution in [2.24, 2.45) is 0 Å². The molecule has 1 aromatic heterocycles. The van der Waals surface area contributed by atoms with Gasteiger partial charge in [0.15, 0.2) is 0 Å². The van der Waals surface area contributed by atoms with E-state index in [9.17, 15) is 0 Å². The first-order valence-electron chi connectivity index (χ1n) is 5.89. The Morgan fingerprint density at radius 1 is 1.00 bits per heavy atom. The molecule has 0 unspecified atom stereocenters. The van der Waals surface area contributed by atoms with Crippen molar-refractivity contribution in [2.75, 3.05) is 11.1 Å². The number of nitrogen functional groups attached to an aromatic ring is 1. The van der Waals surface area contributed by atoms with Crippen molar-refractivity contribution in [3.63, 3.8) is 0 Å². The molecule has 3 rings (SSSR count). The van der Waals surface area contributed by atoms with E-state index in [1.807, 2.05) is 24.3 Å². The number of nitrogens with two attached hydrogens (primary N) is 1. The minimum Gasteiger partial charge on any atom is -0.396 e. The lowest BCUT2D eigenvalue weighted by Gasteiger charge is -2.13. The van der Waals surface area contributed by atoms with Gasteiger partial charge in [-0.3, -0.25) is 4.98 Å². The molecule has 0 aliphatic rings. The first-order valence-corrected chi connectivity index (χ1v) is 6.69. The van der Waals surface area contributed by atoms with Crippen molar-refractivity contribution in [3.8, 4) is 0 Å². The molecule has 2 aromatic carbocycles. The van der Waals surface area contributed by atoms with Crippen LogP contribution < -0.4 is 11.1 Å². The monoisotopic (exact) mass is 313 g/mol. The standard InChI is InChI=1S/C15H12BrN3/c16-12-8-18-9-13(17)15(12)19-14-7-3-5-10-4-1-2-6-11(10)14/h1-9H,17H2,(H,18,19). The Bertz CT molecular complexity index is 715. The Morgan fingerprint density at radius 3 is 2.63 bits per heavy atom. The second-order valence-electron chi connectivity index (χ2n) is 4.24. The Kier molecular flexibility index (Phi) is 3.09. The lowest BCUT2D eigenvalue weighted by Crippen LogP contribution is -1.98. The summed E-state index contributed by atoms with van der Waals surface area (Å²) in [6, 6.07) is 14.4. The molecular formula is C15H12BrN3. The van der Waals surface area contributed by atoms with Crippen molar-refractivity contribution in [1.29, 1.82) is 0 Å². The maximum atomic E-state index is 5.96. The molecule has 3 aromatic rings. The molecule has 94 valence electrons. The Morgan fingerprint density at radius 2 is 1.79 bits per heavy atom. The molecule has 0 aliphatic heterocycles. The third-order valence-electron chi connectivity index (χ3n) is 2.98. The zero-order valence-electron chi connectivity index (χ0n) is 10.1. The first-order chi connectivity index (χ1) is 9.25. The summed E-state index contributed by atoms with van der Waals surface area (Å²) < 4.78 is 0.848. The minimum absolute atomic E-state index is 0.613. The van der Waals surface area contributed by atoms with E-state index in [2.05, 4.69) is 44.4 Å². The Balaban J connectivity index is 2.11. The number of nitrogens with zero attached hydrogens (tertiary/aromatic N) is 1. The number of halogens is 1. The molecule has 3 N–H and O–H groups in total. The van der Waals surface area contributed by atoms with E-state index in [1.165, 1.54) is 5.39 Å². The van der Waals surface area contributed by atoms with Gasteiger partial charge in [0.05, 0.1) is 22.0 Å². The fraction of sp³-hybridized carbons (Fsp3) is 0. The van der Waals surface area contributed by atoms with Crippen molar-refractivity contribution in [2.45, 2.75) is 0 Å². The van der Waals surface area contributed by atoms with Crippen LogP contribution in [-0.2, 0) is 0 Å². The van der Waals surface area contributed by atoms with E-state index in [4.69, 9.17) is 5.73 Å². The first kappa shape index (κ1) is 12.0. The molecule has 0 aliphatic carbocycles. The number of hydrogen-bond donors (Lipinski definition) is 2. The van der Waals surface area contributed by atoms with Crippen LogP contribution in [0.15, 0.2) is 59.3 Å². The summed E-state index contributed by atoms with van der Waals surface area (Å²) >= 11 is 3.46. The van der Waals surface area contributed by atoms with E-state index >= 15 is 0 Å². The summed E-state index contributed by atoms with van der Waals surface area (Å²) in [6.07, 6.45) is 3.36. The van der Waals surface area contributed by atoms with Gasteiger partial charge in [-0.1, -0.05) is 36.4 Å². The highest BCUT2D eigenvalue weighted by Gasteiger charge is 2.07. The van der Waals surface area contributed by atoms with Crippen LogP contribution >= 0.6 is 15.9 Å². The van der Waals surface area contributed by atoms with Crippen molar-refractivity contribution in [3.05, 3.63) is 59.3 Å². The largest absolute Gasteiger partial charge is 0.396 e. The predicted octanol–water partition coefficient (Wildman–Crippen LogP) is 4.32. The number of anilines is 3. The van der Waals surface area contributed by atoms with E-state index in [0.29, 0.717) is 5.69 Å². The summed E-state index contributed by atoms with van der Waals surface area (Å²) in [5.41, 5.74) is 8.44. The molecule has 0 saturated heterocycles. The smallest absolute Gasteiger partial charge is 0.0794 e. The van der Waals surface area contributed by atoms with Gasteiger partial charge in [-0.05, 0) is 27.4 Å². The summed E-state index contributed by atoms with van der Waals surface area (Å²) in [7, 11) is 0. The highest BCUT2D eigenvalue weighted by molar-refractivity contribution is 9.10. The van der Waals surface area contributed by atoms with Crippen LogP contribution in [0.1, 0.15) is 0 Å². The van der Waals surface area contributed by atoms with Crippen molar-refractivity contribution in [1.82, 2.24) is 4.98 Å². The fourth-order valence-electron chi connectivity index (χ4n) is 2.05. The van der Waals surface area contributed by atoms with Crippen LogP contribution in [0.3, 0.4) is 0 Å². The third kappa shape index (κ3) is 2.27. The molecule has 4 heteroatoms. The molecule has 3 nitrogen and oxygen atoms in total. The van der Waals surface area contributed by atoms with Crippen LogP contribution in [0.4, 0.5) is 17.1 Å². The van der Waals surface area contributed by atoms with E-state index < -0.39 is 0 Å². The molecule has 0 saturated carbocycles. The van der Waals surface area contributed by atoms with Gasteiger partial charge in [0.25, 0.3) is 0 Å². The van der Waals surface area contributed by atoms with Crippen LogP contribution in [0.5, 0.6) is 0 Å². The summed E-state index contributed by atoms with van der Waals surface area (Å²) in [4.78, 5) is 4.04. The second kappa shape index (κ2) is 4.90. The predicted molar refractivity (Wildman–Crippen MR) is 83.6 cm³/mol. The molecule has 0 radical (unpaired) electrons. The lowest BCUT2D eigenvalue weighted by atomic mass is 10.1. The molecule has 19 heavy (non-hydrogen) atoms. The molecule has 0 fully saturated rings. The maximum Gasteiger partial charge on any atom is 0.0794 e. The molecule has 0 bridgehead atoms.